The largest absolute Gasteiger partial charge is 0.454 e. The molecule has 4 aromatic rings. The zero-order valence-corrected chi connectivity index (χ0v) is 19.8. The highest BCUT2D eigenvalue weighted by Crippen LogP contribution is 2.32. The van der Waals surface area contributed by atoms with E-state index < -0.39 is 0 Å². The second-order valence-corrected chi connectivity index (χ2v) is 9.03. The molecule has 1 aromatic heterocycles. The predicted molar refractivity (Wildman–Crippen MR) is 131 cm³/mol. The van der Waals surface area contributed by atoms with E-state index in [4.69, 9.17) is 19.6 Å². The molecule has 0 saturated carbocycles. The summed E-state index contributed by atoms with van der Waals surface area (Å²) in [5.41, 5.74) is 5.07. The van der Waals surface area contributed by atoms with E-state index in [1.807, 2.05) is 60.1 Å². The molecular weight excluding hydrogens is 486 g/mol. The fourth-order valence-corrected chi connectivity index (χ4v) is 4.49. The van der Waals surface area contributed by atoms with Crippen molar-refractivity contribution in [3.05, 3.63) is 98.6 Å². The minimum atomic E-state index is 0.254. The standard InChI is InChI=1S/C25H20BrN3O2S/c1-17(20-9-12-23-24(13-20)31-16-30-23)28-29-22(19-7-10-21(26)11-8-19)15-32-25(29)27-14-18-5-3-2-4-6-18/h2-13,15H,14,16H2,1H3/b27-25?,28-17-. The summed E-state index contributed by atoms with van der Waals surface area (Å²) in [6.45, 7) is 2.85. The molecule has 0 unspecified atom stereocenters. The number of halogens is 1. The van der Waals surface area contributed by atoms with Gasteiger partial charge in [-0.15, -0.1) is 11.3 Å². The third-order valence-corrected chi connectivity index (χ3v) is 6.49. The van der Waals surface area contributed by atoms with Crippen LogP contribution in [0.4, 0.5) is 0 Å². The second-order valence-electron chi connectivity index (χ2n) is 7.28. The van der Waals surface area contributed by atoms with Gasteiger partial charge in [0.2, 0.25) is 11.6 Å². The number of rotatable bonds is 5. The first kappa shape index (κ1) is 20.7. The molecule has 0 bridgehead atoms. The number of benzene rings is 3. The molecule has 3 aromatic carbocycles. The molecule has 0 N–H and O–H groups in total. The lowest BCUT2D eigenvalue weighted by molar-refractivity contribution is 0.174. The van der Waals surface area contributed by atoms with Crippen LogP contribution in [0.5, 0.6) is 11.5 Å². The Labute approximate surface area is 198 Å². The highest BCUT2D eigenvalue weighted by Gasteiger charge is 2.15. The Balaban J connectivity index is 1.58. The second kappa shape index (κ2) is 9.14. The Hall–Kier alpha value is -3.16. The SMILES string of the molecule is C/C(=N/n1c(-c2ccc(Br)cc2)csc1=NCc1ccccc1)c1ccc2c(c1)OCO2. The number of hydrogen-bond acceptors (Lipinski definition) is 5. The molecule has 0 atom stereocenters. The maximum atomic E-state index is 5.54. The Bertz CT molecular complexity index is 1340. The predicted octanol–water partition coefficient (Wildman–Crippen LogP) is 6.08. The average molecular weight is 506 g/mol. The molecule has 32 heavy (non-hydrogen) atoms. The fraction of sp³-hybridized carbons (Fsp3) is 0.120. The molecule has 0 fully saturated rings. The minimum Gasteiger partial charge on any atom is -0.454 e. The van der Waals surface area contributed by atoms with E-state index in [2.05, 4.69) is 45.6 Å². The van der Waals surface area contributed by atoms with Crippen molar-refractivity contribution >= 4 is 33.0 Å². The molecule has 0 spiro atoms. The van der Waals surface area contributed by atoms with E-state index in [-0.39, 0.29) is 6.79 Å². The van der Waals surface area contributed by atoms with Crippen LogP contribution in [0.1, 0.15) is 18.1 Å². The summed E-state index contributed by atoms with van der Waals surface area (Å²) in [6.07, 6.45) is 0. The van der Waals surface area contributed by atoms with E-state index in [0.29, 0.717) is 6.54 Å². The van der Waals surface area contributed by atoms with Gasteiger partial charge in [-0.25, -0.2) is 4.68 Å². The fourth-order valence-electron chi connectivity index (χ4n) is 3.39. The number of ether oxygens (including phenoxy) is 2. The van der Waals surface area contributed by atoms with Crippen molar-refractivity contribution in [3.63, 3.8) is 0 Å². The molecule has 2 heterocycles. The van der Waals surface area contributed by atoms with E-state index in [0.717, 1.165) is 48.9 Å². The van der Waals surface area contributed by atoms with Crippen molar-refractivity contribution in [1.82, 2.24) is 4.68 Å². The molecule has 7 heteroatoms. The van der Waals surface area contributed by atoms with Gasteiger partial charge in [-0.1, -0.05) is 58.4 Å². The highest BCUT2D eigenvalue weighted by atomic mass is 79.9. The van der Waals surface area contributed by atoms with Crippen LogP contribution in [0.3, 0.4) is 0 Å². The number of hydrogen-bond donors (Lipinski definition) is 0. The highest BCUT2D eigenvalue weighted by molar-refractivity contribution is 9.10. The molecule has 5 rings (SSSR count). The number of fused-ring (bicyclic) bond motifs is 1. The van der Waals surface area contributed by atoms with Gasteiger partial charge in [-0.2, -0.15) is 5.10 Å². The van der Waals surface area contributed by atoms with E-state index in [1.54, 1.807) is 11.3 Å². The summed E-state index contributed by atoms with van der Waals surface area (Å²) in [5, 5.41) is 7.07. The minimum absolute atomic E-state index is 0.254. The molecule has 5 nitrogen and oxygen atoms in total. The van der Waals surface area contributed by atoms with Gasteiger partial charge < -0.3 is 9.47 Å². The quantitative estimate of drug-likeness (QED) is 0.308. The topological polar surface area (TPSA) is 48.1 Å². The first-order valence-corrected chi connectivity index (χ1v) is 11.8. The Morgan fingerprint density at radius 3 is 2.59 bits per heavy atom. The third-order valence-electron chi connectivity index (χ3n) is 5.11. The third kappa shape index (κ3) is 4.40. The van der Waals surface area contributed by atoms with Crippen LogP contribution in [0, 0.1) is 0 Å². The lowest BCUT2D eigenvalue weighted by Crippen LogP contribution is -2.14. The maximum Gasteiger partial charge on any atom is 0.231 e. The zero-order chi connectivity index (χ0) is 21.9. The lowest BCUT2D eigenvalue weighted by Gasteiger charge is -2.07. The van der Waals surface area contributed by atoms with Crippen molar-refractivity contribution in [3.8, 4) is 22.8 Å². The van der Waals surface area contributed by atoms with E-state index in [9.17, 15) is 0 Å². The average Bonchev–Trinajstić information content (AvgIpc) is 3.45. The van der Waals surface area contributed by atoms with Gasteiger partial charge in [0, 0.05) is 21.0 Å². The molecular formula is C25H20BrN3O2S. The van der Waals surface area contributed by atoms with E-state index in [1.165, 1.54) is 0 Å². The molecule has 1 aliphatic rings. The molecule has 0 aliphatic carbocycles. The van der Waals surface area contributed by atoms with Crippen LogP contribution in [0.25, 0.3) is 11.3 Å². The monoisotopic (exact) mass is 505 g/mol. The smallest absolute Gasteiger partial charge is 0.231 e. The van der Waals surface area contributed by atoms with Crippen molar-refractivity contribution < 1.29 is 9.47 Å². The molecule has 160 valence electrons. The zero-order valence-electron chi connectivity index (χ0n) is 17.4. The van der Waals surface area contributed by atoms with Gasteiger partial charge in [0.05, 0.1) is 18.0 Å². The summed E-state index contributed by atoms with van der Waals surface area (Å²) < 4.78 is 13.9. The van der Waals surface area contributed by atoms with Crippen molar-refractivity contribution in [1.29, 1.82) is 0 Å². The van der Waals surface area contributed by atoms with Gasteiger partial charge in [-0.3, -0.25) is 4.99 Å². The van der Waals surface area contributed by atoms with Gasteiger partial charge in [-0.05, 0) is 42.8 Å². The maximum absolute atomic E-state index is 5.54. The summed E-state index contributed by atoms with van der Waals surface area (Å²) in [4.78, 5) is 5.70. The van der Waals surface area contributed by atoms with Crippen molar-refractivity contribution in [2.45, 2.75) is 13.5 Å². The Morgan fingerprint density at radius 2 is 1.78 bits per heavy atom. The summed E-state index contributed by atoms with van der Waals surface area (Å²) in [6, 6.07) is 24.4. The van der Waals surface area contributed by atoms with Gasteiger partial charge >= 0.3 is 0 Å². The summed E-state index contributed by atoms with van der Waals surface area (Å²) in [7, 11) is 0. The van der Waals surface area contributed by atoms with Crippen LogP contribution in [0.15, 0.2) is 92.7 Å². The molecule has 0 radical (unpaired) electrons. The Kier molecular flexibility index (Phi) is 5.92. The van der Waals surface area contributed by atoms with Gasteiger partial charge in [0.1, 0.15) is 0 Å². The van der Waals surface area contributed by atoms with Crippen molar-refractivity contribution in [2.75, 3.05) is 6.79 Å². The van der Waals surface area contributed by atoms with Gasteiger partial charge in [0.15, 0.2) is 11.5 Å². The number of nitrogens with zero attached hydrogens (tertiary/aromatic N) is 3. The first-order valence-electron chi connectivity index (χ1n) is 10.1. The molecule has 0 amide bonds. The molecule has 1 aliphatic heterocycles. The van der Waals surface area contributed by atoms with Crippen LogP contribution >= 0.6 is 27.3 Å². The number of thiazole rings is 1. The van der Waals surface area contributed by atoms with Crippen molar-refractivity contribution in [2.24, 2.45) is 10.1 Å². The first-order chi connectivity index (χ1) is 15.7. The Morgan fingerprint density at radius 1 is 1.00 bits per heavy atom. The summed E-state index contributed by atoms with van der Waals surface area (Å²) >= 11 is 5.10. The van der Waals surface area contributed by atoms with Crippen LogP contribution in [-0.4, -0.2) is 17.2 Å². The lowest BCUT2D eigenvalue weighted by atomic mass is 10.1. The van der Waals surface area contributed by atoms with Crippen LogP contribution < -0.4 is 14.3 Å². The molecule has 0 saturated heterocycles. The van der Waals surface area contributed by atoms with Gasteiger partial charge in [0.25, 0.3) is 0 Å². The van der Waals surface area contributed by atoms with Crippen LogP contribution in [0.2, 0.25) is 0 Å². The number of aromatic nitrogens is 1. The summed E-state index contributed by atoms with van der Waals surface area (Å²) in [5.74, 6) is 1.51. The van der Waals surface area contributed by atoms with E-state index >= 15 is 0 Å². The van der Waals surface area contributed by atoms with Crippen LogP contribution in [-0.2, 0) is 6.54 Å². The normalized spacial score (nSPS) is 13.6.